The average molecular weight is 246 g/mol. The zero-order valence-corrected chi connectivity index (χ0v) is 11.9. The van der Waals surface area contributed by atoms with Gasteiger partial charge in [-0.3, -0.25) is 0 Å². The molecule has 2 nitrogen and oxygen atoms in total. The van der Waals surface area contributed by atoms with Crippen LogP contribution in [0, 0.1) is 6.92 Å². The maximum absolute atomic E-state index is 3.67. The van der Waals surface area contributed by atoms with Crippen molar-refractivity contribution >= 4 is 0 Å². The largest absolute Gasteiger partial charge is 0.314 e. The summed E-state index contributed by atoms with van der Waals surface area (Å²) in [5, 5.41) is 3.67. The van der Waals surface area contributed by atoms with Crippen LogP contribution in [-0.4, -0.2) is 31.6 Å². The quantitative estimate of drug-likeness (QED) is 0.878. The summed E-state index contributed by atoms with van der Waals surface area (Å²) in [7, 11) is 4.39. The first kappa shape index (κ1) is 13.6. The Hall–Kier alpha value is -0.860. The molecule has 0 saturated carbocycles. The summed E-state index contributed by atoms with van der Waals surface area (Å²) in [6.07, 6.45) is 5.27. The maximum atomic E-state index is 3.67. The number of hydrogen-bond donors (Lipinski definition) is 1. The second-order valence-corrected chi connectivity index (χ2v) is 5.72. The number of aryl methyl sites for hydroxylation is 1. The van der Waals surface area contributed by atoms with E-state index < -0.39 is 0 Å². The van der Waals surface area contributed by atoms with Gasteiger partial charge in [-0.05, 0) is 58.0 Å². The van der Waals surface area contributed by atoms with Crippen molar-refractivity contribution in [2.45, 2.75) is 44.7 Å². The van der Waals surface area contributed by atoms with Gasteiger partial charge in [0.25, 0.3) is 0 Å². The van der Waals surface area contributed by atoms with Gasteiger partial charge >= 0.3 is 0 Å². The molecule has 100 valence electrons. The Morgan fingerprint density at radius 1 is 1.28 bits per heavy atom. The normalized spacial score (nSPS) is 22.1. The van der Waals surface area contributed by atoms with Crippen molar-refractivity contribution in [1.82, 2.24) is 10.2 Å². The summed E-state index contributed by atoms with van der Waals surface area (Å²) in [5.41, 5.74) is 2.89. The first-order chi connectivity index (χ1) is 8.68. The summed E-state index contributed by atoms with van der Waals surface area (Å²) in [5.74, 6) is 0. The monoisotopic (exact) mass is 246 g/mol. The maximum Gasteiger partial charge on any atom is 0.0359 e. The molecule has 0 bridgehead atoms. The fourth-order valence-electron chi connectivity index (χ4n) is 2.97. The predicted molar refractivity (Wildman–Crippen MR) is 77.9 cm³/mol. The molecule has 2 rings (SSSR count). The Kier molecular flexibility index (Phi) is 4.79. The van der Waals surface area contributed by atoms with E-state index in [9.17, 15) is 0 Å². The molecule has 1 saturated heterocycles. The number of benzene rings is 1. The molecule has 1 fully saturated rings. The molecule has 1 heterocycles. The first-order valence-electron chi connectivity index (χ1n) is 7.14. The molecule has 1 aromatic rings. The molecule has 18 heavy (non-hydrogen) atoms. The van der Waals surface area contributed by atoms with Gasteiger partial charge in [0.05, 0.1) is 0 Å². The Balaban J connectivity index is 2.10. The molecule has 1 aromatic carbocycles. The van der Waals surface area contributed by atoms with E-state index in [1.807, 2.05) is 0 Å². The van der Waals surface area contributed by atoms with Crippen molar-refractivity contribution < 1.29 is 0 Å². The van der Waals surface area contributed by atoms with E-state index in [1.165, 1.54) is 43.4 Å². The van der Waals surface area contributed by atoms with Crippen LogP contribution in [0.2, 0.25) is 0 Å². The highest BCUT2D eigenvalue weighted by Gasteiger charge is 2.22. The van der Waals surface area contributed by atoms with Gasteiger partial charge in [-0.15, -0.1) is 0 Å². The summed E-state index contributed by atoms with van der Waals surface area (Å²) < 4.78 is 0. The van der Waals surface area contributed by atoms with E-state index >= 15 is 0 Å². The highest BCUT2D eigenvalue weighted by atomic mass is 15.1. The number of hydrogen-bond acceptors (Lipinski definition) is 2. The fourth-order valence-corrected chi connectivity index (χ4v) is 2.97. The first-order valence-corrected chi connectivity index (χ1v) is 7.14. The molecule has 0 spiro atoms. The van der Waals surface area contributed by atoms with E-state index in [2.05, 4.69) is 55.5 Å². The third-order valence-electron chi connectivity index (χ3n) is 4.09. The molecule has 0 aromatic heterocycles. The van der Waals surface area contributed by atoms with Crippen LogP contribution < -0.4 is 5.32 Å². The molecule has 2 heteroatoms. The third kappa shape index (κ3) is 3.33. The standard InChI is InChI=1S/C16H26N2/c1-13-8-4-5-10-15(13)16(18(2)3)12-14-9-6-7-11-17-14/h4-5,8,10,14,16-17H,6-7,9,11-12H2,1-3H3. The van der Waals surface area contributed by atoms with Crippen molar-refractivity contribution in [3.8, 4) is 0 Å². The highest BCUT2D eigenvalue weighted by Crippen LogP contribution is 2.28. The summed E-state index contributed by atoms with van der Waals surface area (Å²) in [6.45, 7) is 3.42. The zero-order valence-electron chi connectivity index (χ0n) is 11.9. The number of piperidine rings is 1. The number of rotatable bonds is 4. The second kappa shape index (κ2) is 6.35. The van der Waals surface area contributed by atoms with Crippen LogP contribution in [0.25, 0.3) is 0 Å². The Bertz CT molecular complexity index is 367. The minimum atomic E-state index is 0.529. The summed E-state index contributed by atoms with van der Waals surface area (Å²) in [4.78, 5) is 2.36. The van der Waals surface area contributed by atoms with Gasteiger partial charge in [-0.2, -0.15) is 0 Å². The van der Waals surface area contributed by atoms with Crippen LogP contribution in [0.3, 0.4) is 0 Å². The van der Waals surface area contributed by atoms with E-state index in [0.717, 1.165) is 0 Å². The lowest BCUT2D eigenvalue weighted by Crippen LogP contribution is -2.37. The lowest BCUT2D eigenvalue weighted by molar-refractivity contribution is 0.239. The van der Waals surface area contributed by atoms with Gasteiger partial charge in [0.15, 0.2) is 0 Å². The van der Waals surface area contributed by atoms with Crippen LogP contribution in [-0.2, 0) is 0 Å². The highest BCUT2D eigenvalue weighted by molar-refractivity contribution is 5.28. The van der Waals surface area contributed by atoms with Gasteiger partial charge in [0, 0.05) is 12.1 Å². The van der Waals surface area contributed by atoms with Crippen molar-refractivity contribution in [1.29, 1.82) is 0 Å². The third-order valence-corrected chi connectivity index (χ3v) is 4.09. The topological polar surface area (TPSA) is 15.3 Å². The molecule has 0 amide bonds. The number of nitrogens with zero attached hydrogens (tertiary/aromatic N) is 1. The van der Waals surface area contributed by atoms with Crippen molar-refractivity contribution in [3.63, 3.8) is 0 Å². The molecule has 2 atom stereocenters. The second-order valence-electron chi connectivity index (χ2n) is 5.72. The molecule has 1 N–H and O–H groups in total. The Labute approximate surface area is 111 Å². The van der Waals surface area contributed by atoms with Gasteiger partial charge in [-0.25, -0.2) is 0 Å². The Morgan fingerprint density at radius 2 is 2.06 bits per heavy atom. The van der Waals surface area contributed by atoms with Crippen LogP contribution in [0.4, 0.5) is 0 Å². The SMILES string of the molecule is Cc1ccccc1C(CC1CCCCN1)N(C)C. The Morgan fingerprint density at radius 3 is 2.67 bits per heavy atom. The van der Waals surface area contributed by atoms with E-state index in [-0.39, 0.29) is 0 Å². The van der Waals surface area contributed by atoms with E-state index in [0.29, 0.717) is 12.1 Å². The molecule has 1 aliphatic rings. The number of nitrogens with one attached hydrogen (secondary N) is 1. The minimum absolute atomic E-state index is 0.529. The van der Waals surface area contributed by atoms with Gasteiger partial charge < -0.3 is 10.2 Å². The van der Waals surface area contributed by atoms with Crippen LogP contribution in [0.15, 0.2) is 24.3 Å². The fraction of sp³-hybridized carbons (Fsp3) is 0.625. The molecular weight excluding hydrogens is 220 g/mol. The lowest BCUT2D eigenvalue weighted by Gasteiger charge is -2.32. The summed E-state index contributed by atoms with van der Waals surface area (Å²) in [6, 6.07) is 10.0. The van der Waals surface area contributed by atoms with Gasteiger partial charge in [0.2, 0.25) is 0 Å². The van der Waals surface area contributed by atoms with Crippen LogP contribution in [0.5, 0.6) is 0 Å². The predicted octanol–water partition coefficient (Wildman–Crippen LogP) is 3.13. The lowest BCUT2D eigenvalue weighted by atomic mass is 9.91. The summed E-state index contributed by atoms with van der Waals surface area (Å²) >= 11 is 0. The van der Waals surface area contributed by atoms with Crippen molar-refractivity contribution in [2.75, 3.05) is 20.6 Å². The van der Waals surface area contributed by atoms with Crippen LogP contribution in [0.1, 0.15) is 42.9 Å². The van der Waals surface area contributed by atoms with Crippen molar-refractivity contribution in [3.05, 3.63) is 35.4 Å². The van der Waals surface area contributed by atoms with Crippen LogP contribution >= 0.6 is 0 Å². The van der Waals surface area contributed by atoms with Gasteiger partial charge in [-0.1, -0.05) is 30.7 Å². The minimum Gasteiger partial charge on any atom is -0.314 e. The molecular formula is C16H26N2. The zero-order chi connectivity index (χ0) is 13.0. The van der Waals surface area contributed by atoms with Crippen molar-refractivity contribution in [2.24, 2.45) is 0 Å². The van der Waals surface area contributed by atoms with E-state index in [1.54, 1.807) is 0 Å². The van der Waals surface area contributed by atoms with Gasteiger partial charge in [0.1, 0.15) is 0 Å². The molecule has 1 aliphatic heterocycles. The average Bonchev–Trinajstić information content (AvgIpc) is 2.38. The molecule has 2 unspecified atom stereocenters. The molecule has 0 radical (unpaired) electrons. The smallest absolute Gasteiger partial charge is 0.0359 e. The molecule has 0 aliphatic carbocycles. The van der Waals surface area contributed by atoms with E-state index in [4.69, 9.17) is 0 Å².